The van der Waals surface area contributed by atoms with Gasteiger partial charge in [0.05, 0.1) is 39.0 Å². The van der Waals surface area contributed by atoms with E-state index in [4.69, 9.17) is 10.5 Å². The Labute approximate surface area is 342 Å². The first-order valence-corrected chi connectivity index (χ1v) is 20.3. The number of carbonyl (C=O) groups is 1. The average molecular weight is 855 g/mol. The molecule has 0 aliphatic rings. The van der Waals surface area contributed by atoms with Crippen LogP contribution in [0.25, 0.3) is 10.8 Å². The lowest BCUT2D eigenvalue weighted by atomic mass is 10.1. The number of aryl methyl sites for hydroxylation is 2. The van der Waals surface area contributed by atoms with Gasteiger partial charge in [0.2, 0.25) is 0 Å². The normalized spacial score (nSPS) is 12.2. The molecule has 0 heterocycles. The second kappa shape index (κ2) is 18.5. The second-order valence-corrected chi connectivity index (χ2v) is 15.8. The predicted octanol–water partition coefficient (Wildman–Crippen LogP) is 10.8. The summed E-state index contributed by atoms with van der Waals surface area (Å²) in [5.41, 5.74) is 6.57. The summed E-state index contributed by atoms with van der Waals surface area (Å²) >= 11 is 0. The number of amides is 2. The quantitative estimate of drug-likeness (QED) is 0.0259. The fourth-order valence-corrected chi connectivity index (χ4v) is 7.08. The minimum absolute atomic E-state index is 0.0718. The van der Waals surface area contributed by atoms with E-state index < -0.39 is 36.1 Å². The van der Waals surface area contributed by atoms with E-state index in [1.807, 2.05) is 6.92 Å². The lowest BCUT2D eigenvalue weighted by molar-refractivity contribution is -0.254. The van der Waals surface area contributed by atoms with Crippen LogP contribution in [0.2, 0.25) is 0 Å². The number of nitrogens with one attached hydrogen (secondary N) is 2. The molecule has 6 aromatic carbocycles. The molecule has 60 heavy (non-hydrogen) atoms. The molecule has 19 nitrogen and oxygen atoms in total. The van der Waals surface area contributed by atoms with E-state index in [2.05, 4.69) is 51.1 Å². The molecule has 0 radical (unpaired) electrons. The highest BCUT2D eigenvalue weighted by atomic mass is 32.2. The third kappa shape index (κ3) is 11.3. The predicted molar refractivity (Wildman–Crippen MR) is 219 cm³/mol. The van der Waals surface area contributed by atoms with Gasteiger partial charge in [-0.3, -0.25) is 19.6 Å². The standard InChI is InChI=1S/C39H34N8O11S2/c1-23-13-30(40-39(48)41-31-4-3-27-18-34(59(51,52)53)20-38(35(27)19-31)60(54,55)56)9-11-36(23)47-44-32-10-12-37(24(2)14-32)46-43-29-7-5-28(6-8-29)42-45-33-16-25(21-57-49)15-26(17-33)22-58-50/h3-20,49-50H,21-22H2,1-2H3,(H2,40,41,48)(H,51,52,53)(H,54,55,56). The van der Waals surface area contributed by atoms with Crippen LogP contribution in [0.3, 0.4) is 0 Å². The molecule has 6 N–H and O–H groups in total. The topological polar surface area (TPSA) is 283 Å². The summed E-state index contributed by atoms with van der Waals surface area (Å²) in [5.74, 6) is 0. The van der Waals surface area contributed by atoms with E-state index in [1.54, 1.807) is 85.8 Å². The number of urea groups is 1. The van der Waals surface area contributed by atoms with Gasteiger partial charge >= 0.3 is 6.03 Å². The van der Waals surface area contributed by atoms with Crippen molar-refractivity contribution in [2.75, 3.05) is 10.6 Å². The van der Waals surface area contributed by atoms with Gasteiger partial charge in [-0.05, 0) is 139 Å². The third-order valence-corrected chi connectivity index (χ3v) is 10.3. The van der Waals surface area contributed by atoms with Crippen molar-refractivity contribution in [2.24, 2.45) is 30.7 Å². The zero-order valence-corrected chi connectivity index (χ0v) is 33.1. The van der Waals surface area contributed by atoms with Crippen LogP contribution < -0.4 is 10.6 Å². The van der Waals surface area contributed by atoms with Crippen molar-refractivity contribution >= 4 is 82.5 Å². The molecular weight excluding hydrogens is 821 g/mol. The van der Waals surface area contributed by atoms with Crippen LogP contribution in [0.1, 0.15) is 22.3 Å². The van der Waals surface area contributed by atoms with Gasteiger partial charge in [0, 0.05) is 16.8 Å². The van der Waals surface area contributed by atoms with Crippen molar-refractivity contribution in [3.05, 3.63) is 131 Å². The van der Waals surface area contributed by atoms with E-state index in [-0.39, 0.29) is 29.7 Å². The molecule has 0 saturated heterocycles. The van der Waals surface area contributed by atoms with Gasteiger partial charge in [0.25, 0.3) is 20.2 Å². The van der Waals surface area contributed by atoms with Gasteiger partial charge in [-0.1, -0.05) is 12.1 Å². The summed E-state index contributed by atoms with van der Waals surface area (Å²) < 4.78 is 66.4. The van der Waals surface area contributed by atoms with Crippen molar-refractivity contribution in [1.82, 2.24) is 0 Å². The number of azo groups is 3. The van der Waals surface area contributed by atoms with Gasteiger partial charge in [-0.15, -0.1) is 0 Å². The maximum atomic E-state index is 12.8. The Balaban J connectivity index is 1.06. The number of benzene rings is 6. The van der Waals surface area contributed by atoms with Crippen molar-refractivity contribution in [1.29, 1.82) is 0 Å². The maximum Gasteiger partial charge on any atom is 0.323 e. The second-order valence-electron chi connectivity index (χ2n) is 13.0. The van der Waals surface area contributed by atoms with Gasteiger partial charge in [0.15, 0.2) is 0 Å². The van der Waals surface area contributed by atoms with Gasteiger partial charge in [-0.2, -0.15) is 47.5 Å². The van der Waals surface area contributed by atoms with E-state index in [1.165, 1.54) is 18.2 Å². The van der Waals surface area contributed by atoms with Crippen LogP contribution in [-0.2, 0) is 43.2 Å². The van der Waals surface area contributed by atoms with Crippen molar-refractivity contribution in [3.8, 4) is 0 Å². The number of hydrogen-bond acceptors (Lipinski definition) is 15. The van der Waals surface area contributed by atoms with Crippen LogP contribution in [0, 0.1) is 13.8 Å². The fourth-order valence-electron chi connectivity index (χ4n) is 5.73. The van der Waals surface area contributed by atoms with E-state index in [0.29, 0.717) is 62.6 Å². The van der Waals surface area contributed by atoms with E-state index in [0.717, 1.165) is 11.6 Å². The molecule has 0 unspecified atom stereocenters. The first-order chi connectivity index (χ1) is 28.6. The number of rotatable bonds is 14. The fraction of sp³-hybridized carbons (Fsp3) is 0.103. The van der Waals surface area contributed by atoms with E-state index in [9.17, 15) is 30.7 Å². The molecule has 2 amide bonds. The monoisotopic (exact) mass is 854 g/mol. The van der Waals surface area contributed by atoms with Crippen LogP contribution in [-0.4, -0.2) is 42.5 Å². The van der Waals surface area contributed by atoms with Crippen LogP contribution in [0.4, 0.5) is 50.3 Å². The van der Waals surface area contributed by atoms with Crippen molar-refractivity contribution in [2.45, 2.75) is 36.9 Å². The largest absolute Gasteiger partial charge is 0.323 e. The summed E-state index contributed by atoms with van der Waals surface area (Å²) in [6.45, 7) is 3.50. The number of carbonyl (C=O) groups excluding carboxylic acids is 1. The molecule has 308 valence electrons. The number of nitrogens with zero attached hydrogens (tertiary/aromatic N) is 6. The van der Waals surface area contributed by atoms with Crippen molar-refractivity contribution < 1.29 is 51.0 Å². The highest BCUT2D eigenvalue weighted by molar-refractivity contribution is 7.86. The number of anilines is 2. The molecule has 0 spiro atoms. The Morgan fingerprint density at radius 3 is 1.60 bits per heavy atom. The Morgan fingerprint density at radius 1 is 0.550 bits per heavy atom. The zero-order chi connectivity index (χ0) is 43.0. The Bertz CT molecular complexity index is 2880. The number of fused-ring (bicyclic) bond motifs is 1. The smallest absolute Gasteiger partial charge is 0.308 e. The maximum absolute atomic E-state index is 12.8. The summed E-state index contributed by atoms with van der Waals surface area (Å²) in [5, 5.41) is 48.6. The Kier molecular flexibility index (Phi) is 13.2. The molecule has 0 aromatic heterocycles. The molecule has 6 aromatic rings. The van der Waals surface area contributed by atoms with Gasteiger partial charge in [-0.25, -0.2) is 14.6 Å². The molecule has 21 heteroatoms. The molecule has 0 atom stereocenters. The average Bonchev–Trinajstić information content (AvgIpc) is 3.19. The first kappa shape index (κ1) is 42.9. The van der Waals surface area contributed by atoms with E-state index >= 15 is 0 Å². The Morgan fingerprint density at radius 2 is 1.05 bits per heavy atom. The van der Waals surface area contributed by atoms with Crippen LogP contribution >= 0.6 is 0 Å². The highest BCUT2D eigenvalue weighted by Crippen LogP contribution is 2.32. The highest BCUT2D eigenvalue weighted by Gasteiger charge is 2.21. The van der Waals surface area contributed by atoms with Crippen LogP contribution in [0.15, 0.2) is 150 Å². The molecule has 0 saturated carbocycles. The van der Waals surface area contributed by atoms with Crippen LogP contribution in [0.5, 0.6) is 0 Å². The van der Waals surface area contributed by atoms with Gasteiger partial charge in [0.1, 0.15) is 18.1 Å². The SMILES string of the molecule is Cc1cc(N=Nc2ccc(NC(=O)Nc3ccc4cc(S(=O)(=O)O)cc(S(=O)(=O)O)c4c3)cc2C)ccc1N=Nc1ccc(N=Nc2cc(COO)cc(COO)c2)cc1. The lowest BCUT2D eigenvalue weighted by Gasteiger charge is -2.11. The first-order valence-electron chi connectivity index (χ1n) is 17.4. The lowest BCUT2D eigenvalue weighted by Crippen LogP contribution is -2.19. The molecule has 0 aliphatic carbocycles. The summed E-state index contributed by atoms with van der Waals surface area (Å²) in [7, 11) is -9.69. The summed E-state index contributed by atoms with van der Waals surface area (Å²) in [6.07, 6.45) is 0. The zero-order valence-electron chi connectivity index (χ0n) is 31.5. The third-order valence-electron chi connectivity index (χ3n) is 8.54. The minimum Gasteiger partial charge on any atom is -0.308 e. The molecule has 0 bridgehead atoms. The van der Waals surface area contributed by atoms with Gasteiger partial charge < -0.3 is 10.6 Å². The number of hydrogen-bond donors (Lipinski definition) is 6. The Hall–Kier alpha value is -6.69. The minimum atomic E-state index is -4.91. The molecule has 0 aliphatic heterocycles. The van der Waals surface area contributed by atoms with Crippen molar-refractivity contribution in [3.63, 3.8) is 0 Å². The summed E-state index contributed by atoms with van der Waals surface area (Å²) in [6, 6.07) is 27.1. The molecule has 0 fully saturated rings. The molecule has 6 rings (SSSR count). The summed E-state index contributed by atoms with van der Waals surface area (Å²) in [4.78, 5) is 19.7. The molecular formula is C39H34N8O11S2.